The molecule has 0 aromatic heterocycles. The van der Waals surface area contributed by atoms with Crippen molar-refractivity contribution in [2.45, 2.75) is 39.5 Å². The minimum atomic E-state index is 0.774. The third-order valence-electron chi connectivity index (χ3n) is 3.12. The Morgan fingerprint density at radius 3 is 2.67 bits per heavy atom. The maximum Gasteiger partial charge on any atom is 0.190 e. The molecule has 1 aromatic rings. The van der Waals surface area contributed by atoms with Gasteiger partial charge in [-0.3, -0.25) is 4.99 Å². The van der Waals surface area contributed by atoms with Crippen molar-refractivity contribution in [2.24, 2.45) is 4.99 Å². The molecular weight excluding hydrogens is 262 g/mol. The van der Waals surface area contributed by atoms with E-state index in [0.29, 0.717) is 0 Å². The van der Waals surface area contributed by atoms with Crippen molar-refractivity contribution in [3.8, 4) is 5.75 Å². The van der Waals surface area contributed by atoms with Crippen molar-refractivity contribution in [3.05, 3.63) is 29.8 Å². The number of guanidine groups is 1. The van der Waals surface area contributed by atoms with Crippen LogP contribution in [-0.4, -0.2) is 32.7 Å². The van der Waals surface area contributed by atoms with E-state index >= 15 is 0 Å². The summed E-state index contributed by atoms with van der Waals surface area (Å²) in [6, 6.07) is 8.31. The molecule has 0 atom stereocenters. The van der Waals surface area contributed by atoms with Crippen LogP contribution in [0.25, 0.3) is 0 Å². The molecule has 0 fully saturated rings. The SMILES string of the molecule is CCCCNC(=NC)NCCc1cccc(OCCC)c1. The Balaban J connectivity index is 2.33. The first-order chi connectivity index (χ1) is 10.3. The summed E-state index contributed by atoms with van der Waals surface area (Å²) in [6.45, 7) is 6.91. The van der Waals surface area contributed by atoms with E-state index < -0.39 is 0 Å². The topological polar surface area (TPSA) is 45.7 Å². The van der Waals surface area contributed by atoms with Crippen LogP contribution < -0.4 is 15.4 Å². The molecule has 4 nitrogen and oxygen atoms in total. The minimum Gasteiger partial charge on any atom is -0.494 e. The van der Waals surface area contributed by atoms with E-state index in [1.54, 1.807) is 7.05 Å². The highest BCUT2D eigenvalue weighted by molar-refractivity contribution is 5.79. The zero-order valence-electron chi connectivity index (χ0n) is 13.6. The molecule has 21 heavy (non-hydrogen) atoms. The van der Waals surface area contributed by atoms with Crippen LogP contribution >= 0.6 is 0 Å². The number of nitrogens with one attached hydrogen (secondary N) is 2. The molecule has 4 heteroatoms. The summed E-state index contributed by atoms with van der Waals surface area (Å²) in [5, 5.41) is 6.65. The van der Waals surface area contributed by atoms with Gasteiger partial charge in [0, 0.05) is 20.1 Å². The molecule has 0 aliphatic rings. The quantitative estimate of drug-likeness (QED) is 0.418. The highest BCUT2D eigenvalue weighted by Crippen LogP contribution is 2.13. The molecule has 0 aliphatic heterocycles. The van der Waals surface area contributed by atoms with Gasteiger partial charge in [-0.05, 0) is 37.0 Å². The molecule has 0 saturated carbocycles. The van der Waals surface area contributed by atoms with E-state index in [0.717, 1.165) is 50.7 Å². The molecule has 118 valence electrons. The zero-order chi connectivity index (χ0) is 15.3. The largest absolute Gasteiger partial charge is 0.494 e. The van der Waals surface area contributed by atoms with Crippen molar-refractivity contribution in [1.82, 2.24) is 10.6 Å². The average Bonchev–Trinajstić information content (AvgIpc) is 2.52. The molecule has 0 aliphatic carbocycles. The van der Waals surface area contributed by atoms with Crippen LogP contribution in [0.1, 0.15) is 38.7 Å². The van der Waals surface area contributed by atoms with Crippen LogP contribution in [0, 0.1) is 0 Å². The lowest BCUT2D eigenvalue weighted by Gasteiger charge is -2.12. The average molecular weight is 291 g/mol. The molecule has 0 amide bonds. The fourth-order valence-corrected chi connectivity index (χ4v) is 1.94. The molecule has 1 rings (SSSR count). The summed E-state index contributed by atoms with van der Waals surface area (Å²) in [4.78, 5) is 4.22. The van der Waals surface area contributed by atoms with Gasteiger partial charge in [0.05, 0.1) is 6.61 Å². The first-order valence-corrected chi connectivity index (χ1v) is 7.96. The van der Waals surface area contributed by atoms with Gasteiger partial charge in [0.1, 0.15) is 5.75 Å². The first-order valence-electron chi connectivity index (χ1n) is 7.96. The van der Waals surface area contributed by atoms with Gasteiger partial charge in [0.25, 0.3) is 0 Å². The fourth-order valence-electron chi connectivity index (χ4n) is 1.94. The van der Waals surface area contributed by atoms with Gasteiger partial charge in [-0.25, -0.2) is 0 Å². The van der Waals surface area contributed by atoms with E-state index in [9.17, 15) is 0 Å². The summed E-state index contributed by atoms with van der Waals surface area (Å²) in [5.41, 5.74) is 1.28. The predicted octanol–water partition coefficient (Wildman–Crippen LogP) is 2.98. The monoisotopic (exact) mass is 291 g/mol. The Kier molecular flexibility index (Phi) is 9.09. The van der Waals surface area contributed by atoms with Crippen LogP contribution in [0.4, 0.5) is 0 Å². The van der Waals surface area contributed by atoms with Crippen LogP contribution in [0.5, 0.6) is 5.75 Å². The maximum atomic E-state index is 5.65. The smallest absolute Gasteiger partial charge is 0.190 e. The lowest BCUT2D eigenvalue weighted by atomic mass is 10.1. The maximum absolute atomic E-state index is 5.65. The highest BCUT2D eigenvalue weighted by Gasteiger charge is 1.99. The van der Waals surface area contributed by atoms with E-state index in [1.165, 1.54) is 12.0 Å². The summed E-state index contributed by atoms with van der Waals surface area (Å²) < 4.78 is 5.65. The molecule has 0 bridgehead atoms. The van der Waals surface area contributed by atoms with Gasteiger partial charge in [-0.1, -0.05) is 32.4 Å². The summed E-state index contributed by atoms with van der Waals surface area (Å²) >= 11 is 0. The zero-order valence-corrected chi connectivity index (χ0v) is 13.6. The molecule has 2 N–H and O–H groups in total. The number of hydrogen-bond donors (Lipinski definition) is 2. The van der Waals surface area contributed by atoms with E-state index in [1.807, 2.05) is 6.07 Å². The Morgan fingerprint density at radius 1 is 1.14 bits per heavy atom. The third-order valence-corrected chi connectivity index (χ3v) is 3.12. The lowest BCUT2D eigenvalue weighted by Crippen LogP contribution is -2.38. The second-order valence-corrected chi connectivity index (χ2v) is 5.03. The van der Waals surface area contributed by atoms with Gasteiger partial charge >= 0.3 is 0 Å². The van der Waals surface area contributed by atoms with Gasteiger partial charge in [-0.15, -0.1) is 0 Å². The van der Waals surface area contributed by atoms with Crippen LogP contribution in [0.15, 0.2) is 29.3 Å². The number of unbranched alkanes of at least 4 members (excludes halogenated alkanes) is 1. The second kappa shape index (κ2) is 11.0. The normalized spacial score (nSPS) is 11.3. The van der Waals surface area contributed by atoms with Gasteiger partial charge in [-0.2, -0.15) is 0 Å². The standard InChI is InChI=1S/C17H29N3O/c1-4-6-11-19-17(18-3)20-12-10-15-8-7-9-16(14-15)21-13-5-2/h7-9,14H,4-6,10-13H2,1-3H3,(H2,18,19,20). The Bertz CT molecular complexity index is 418. The van der Waals surface area contributed by atoms with Gasteiger partial charge < -0.3 is 15.4 Å². The number of aliphatic imine (C=N–C) groups is 1. The van der Waals surface area contributed by atoms with E-state index in [4.69, 9.17) is 4.74 Å². The predicted molar refractivity (Wildman–Crippen MR) is 90.2 cm³/mol. The third kappa shape index (κ3) is 7.59. The van der Waals surface area contributed by atoms with Crippen molar-refractivity contribution in [3.63, 3.8) is 0 Å². The Morgan fingerprint density at radius 2 is 1.95 bits per heavy atom. The first kappa shape index (κ1) is 17.3. The van der Waals surface area contributed by atoms with Crippen molar-refractivity contribution in [2.75, 3.05) is 26.7 Å². The molecule has 0 spiro atoms. The number of hydrogen-bond acceptors (Lipinski definition) is 2. The Hall–Kier alpha value is -1.71. The minimum absolute atomic E-state index is 0.774. The van der Waals surface area contributed by atoms with Crippen molar-refractivity contribution in [1.29, 1.82) is 0 Å². The molecule has 0 unspecified atom stereocenters. The van der Waals surface area contributed by atoms with Crippen LogP contribution in [-0.2, 0) is 6.42 Å². The van der Waals surface area contributed by atoms with E-state index in [-0.39, 0.29) is 0 Å². The fraction of sp³-hybridized carbons (Fsp3) is 0.588. The molecular formula is C17H29N3O. The number of rotatable bonds is 9. The summed E-state index contributed by atoms with van der Waals surface area (Å²) in [5.74, 6) is 1.83. The molecule has 0 heterocycles. The van der Waals surface area contributed by atoms with Crippen molar-refractivity contribution < 1.29 is 4.74 Å². The number of benzene rings is 1. The highest BCUT2D eigenvalue weighted by atomic mass is 16.5. The van der Waals surface area contributed by atoms with Gasteiger partial charge in [0.2, 0.25) is 0 Å². The molecule has 1 aromatic carbocycles. The van der Waals surface area contributed by atoms with Crippen molar-refractivity contribution >= 4 is 5.96 Å². The van der Waals surface area contributed by atoms with Crippen LogP contribution in [0.2, 0.25) is 0 Å². The van der Waals surface area contributed by atoms with Crippen LogP contribution in [0.3, 0.4) is 0 Å². The summed E-state index contributed by atoms with van der Waals surface area (Å²) in [6.07, 6.45) is 4.34. The number of nitrogens with zero attached hydrogens (tertiary/aromatic N) is 1. The van der Waals surface area contributed by atoms with E-state index in [2.05, 4.69) is 47.7 Å². The van der Waals surface area contributed by atoms with Gasteiger partial charge in [0.15, 0.2) is 5.96 Å². The molecule has 0 radical (unpaired) electrons. The number of ether oxygens (including phenoxy) is 1. The summed E-state index contributed by atoms with van der Waals surface area (Å²) in [7, 11) is 1.81. The Labute approximate surface area is 129 Å². The lowest BCUT2D eigenvalue weighted by molar-refractivity contribution is 0.317. The molecule has 0 saturated heterocycles. The second-order valence-electron chi connectivity index (χ2n) is 5.03.